The van der Waals surface area contributed by atoms with Crippen molar-refractivity contribution in [2.75, 3.05) is 0 Å². The second-order valence-electron chi connectivity index (χ2n) is 2.29. The highest BCUT2D eigenvalue weighted by Gasteiger charge is 2.18. The molecule has 8 heteroatoms. The number of hydrogen-bond acceptors (Lipinski definition) is 4. The number of hydrogen-bond donors (Lipinski definition) is 0. The Kier molecular flexibility index (Phi) is 2.97. The molecule has 74 valence electrons. The Morgan fingerprint density at radius 3 is 2.29 bits per heavy atom. The van der Waals surface area contributed by atoms with Gasteiger partial charge in [0.1, 0.15) is 15.1 Å². The van der Waals surface area contributed by atoms with Gasteiger partial charge in [-0.05, 0) is 6.07 Å². The van der Waals surface area contributed by atoms with Gasteiger partial charge in [-0.2, -0.15) is 0 Å². The van der Waals surface area contributed by atoms with Crippen LogP contribution < -0.4 is 0 Å². The van der Waals surface area contributed by atoms with E-state index in [0.717, 1.165) is 12.1 Å². The Balaban J connectivity index is 3.54. The van der Waals surface area contributed by atoms with Gasteiger partial charge in [-0.1, -0.05) is 23.2 Å². The summed E-state index contributed by atoms with van der Waals surface area (Å²) in [7, 11) is -4.67. The minimum Gasteiger partial charge on any atom is -0.744 e. The summed E-state index contributed by atoms with van der Waals surface area (Å²) in [5.74, 6) is 0. The predicted molar refractivity (Wildman–Crippen MR) is 49.2 cm³/mol. The fourth-order valence-electron chi connectivity index (χ4n) is 0.786. The summed E-state index contributed by atoms with van der Waals surface area (Å²) >= 11 is 10.9. The number of benzene rings is 1. The van der Waals surface area contributed by atoms with Gasteiger partial charge in [0.15, 0.2) is 4.98 Å². The second kappa shape index (κ2) is 3.71. The summed E-state index contributed by atoms with van der Waals surface area (Å²) in [6.07, 6.45) is 0. The smallest absolute Gasteiger partial charge is 0.404 e. The average Bonchev–Trinajstić information content (AvgIpc) is 2.06. The zero-order valence-corrected chi connectivity index (χ0v) is 8.77. The molecule has 0 heterocycles. The third-order valence-corrected chi connectivity index (χ3v) is 2.98. The monoisotopic (exact) mass is 252 g/mol. The van der Waals surface area contributed by atoms with Crippen LogP contribution in [0.25, 0.3) is 4.98 Å². The van der Waals surface area contributed by atoms with E-state index >= 15 is 0 Å². The van der Waals surface area contributed by atoms with E-state index in [2.05, 4.69) is 4.98 Å². The summed E-state index contributed by atoms with van der Waals surface area (Å²) in [5, 5.41) is 7.88. The Morgan fingerprint density at radius 1 is 1.29 bits per heavy atom. The van der Waals surface area contributed by atoms with Gasteiger partial charge >= 0.3 is 5.69 Å². The molecule has 0 saturated carbocycles. The number of diazo groups is 1. The summed E-state index contributed by atoms with van der Waals surface area (Å²) in [6, 6.07) is 1.82. The zero-order valence-electron chi connectivity index (χ0n) is 6.44. The van der Waals surface area contributed by atoms with Crippen molar-refractivity contribution in [1.82, 2.24) is 0 Å². The normalized spacial score (nSPS) is 11.0. The van der Waals surface area contributed by atoms with E-state index in [9.17, 15) is 13.0 Å². The summed E-state index contributed by atoms with van der Waals surface area (Å²) in [6.45, 7) is 0. The number of nitrogens with zero attached hydrogens (tertiary/aromatic N) is 2. The van der Waals surface area contributed by atoms with Gasteiger partial charge in [0.2, 0.25) is 5.39 Å². The zero-order chi connectivity index (χ0) is 10.9. The van der Waals surface area contributed by atoms with Gasteiger partial charge in [0, 0.05) is 0 Å². The molecular weight excluding hydrogens is 251 g/mol. The molecule has 0 aliphatic carbocycles. The molecule has 5 nitrogen and oxygen atoms in total. The van der Waals surface area contributed by atoms with Crippen LogP contribution in [0.5, 0.6) is 0 Å². The molecule has 0 aliphatic rings. The van der Waals surface area contributed by atoms with Gasteiger partial charge in [-0.3, -0.25) is 0 Å². The van der Waals surface area contributed by atoms with Crippen LogP contribution in [0.15, 0.2) is 17.0 Å². The molecule has 1 rings (SSSR count). The van der Waals surface area contributed by atoms with E-state index in [-0.39, 0.29) is 15.7 Å². The third kappa shape index (κ3) is 2.13. The van der Waals surface area contributed by atoms with Crippen LogP contribution >= 0.6 is 23.2 Å². The van der Waals surface area contributed by atoms with Gasteiger partial charge in [-0.15, -0.1) is 0 Å². The maximum atomic E-state index is 10.6. The number of halogens is 2. The summed E-state index contributed by atoms with van der Waals surface area (Å²) in [4.78, 5) is 2.10. The van der Waals surface area contributed by atoms with E-state index in [4.69, 9.17) is 28.6 Å². The first-order valence-electron chi connectivity index (χ1n) is 3.16. The molecular formula is C6H2Cl2N2O3S. The largest absolute Gasteiger partial charge is 0.744 e. The molecule has 0 saturated heterocycles. The van der Waals surface area contributed by atoms with Crippen molar-refractivity contribution in [2.45, 2.75) is 4.90 Å². The van der Waals surface area contributed by atoms with Crippen molar-refractivity contribution in [3.8, 4) is 0 Å². The third-order valence-electron chi connectivity index (χ3n) is 1.38. The van der Waals surface area contributed by atoms with Crippen molar-refractivity contribution in [2.24, 2.45) is 0 Å². The van der Waals surface area contributed by atoms with Crippen molar-refractivity contribution in [1.29, 1.82) is 5.39 Å². The highest BCUT2D eigenvalue weighted by molar-refractivity contribution is 7.85. The Morgan fingerprint density at radius 2 is 1.86 bits per heavy atom. The van der Waals surface area contributed by atoms with E-state index in [1.54, 1.807) is 0 Å². The topological polar surface area (TPSA) is 85.3 Å². The fraction of sp³-hybridized carbons (Fsp3) is 0. The molecule has 0 N–H and O–H groups in total. The van der Waals surface area contributed by atoms with Gasteiger partial charge in [0.05, 0.1) is 16.0 Å². The minimum absolute atomic E-state index is 0.107. The van der Waals surface area contributed by atoms with E-state index in [1.165, 1.54) is 0 Å². The lowest BCUT2D eigenvalue weighted by Gasteiger charge is -2.07. The van der Waals surface area contributed by atoms with E-state index < -0.39 is 15.0 Å². The molecule has 1 aromatic rings. The quantitative estimate of drug-likeness (QED) is 0.568. The maximum Gasteiger partial charge on any atom is 0.404 e. The van der Waals surface area contributed by atoms with Gasteiger partial charge in [-0.25, -0.2) is 8.42 Å². The molecule has 0 radical (unpaired) electrons. The first-order chi connectivity index (χ1) is 6.36. The summed E-state index contributed by atoms with van der Waals surface area (Å²) < 4.78 is 31.8. The molecule has 0 spiro atoms. The Hall–Kier alpha value is -0.870. The fourth-order valence-corrected chi connectivity index (χ4v) is 2.05. The van der Waals surface area contributed by atoms with Crippen LogP contribution in [-0.4, -0.2) is 13.0 Å². The van der Waals surface area contributed by atoms with Crippen molar-refractivity contribution in [3.05, 3.63) is 27.2 Å². The first kappa shape index (κ1) is 11.2. The molecule has 0 fully saturated rings. The Labute approximate surface area is 89.6 Å². The van der Waals surface area contributed by atoms with Crippen LogP contribution in [-0.2, 0) is 10.1 Å². The van der Waals surface area contributed by atoms with Crippen molar-refractivity contribution < 1.29 is 13.0 Å². The average molecular weight is 253 g/mol. The van der Waals surface area contributed by atoms with Crippen LogP contribution in [0.3, 0.4) is 0 Å². The summed E-state index contributed by atoms with van der Waals surface area (Å²) in [5.41, 5.74) is -0.107. The molecule has 0 bridgehead atoms. The SMILES string of the molecule is N#[N+]c1cc(Cl)c(S(=O)(=O)[O-])cc1Cl. The van der Waals surface area contributed by atoms with Crippen molar-refractivity contribution in [3.63, 3.8) is 0 Å². The second-order valence-corrected chi connectivity index (χ2v) is 4.45. The molecule has 0 atom stereocenters. The highest BCUT2D eigenvalue weighted by atomic mass is 35.5. The predicted octanol–water partition coefficient (Wildman–Crippen LogP) is 2.38. The minimum atomic E-state index is -4.67. The first-order valence-corrected chi connectivity index (χ1v) is 5.32. The molecule has 0 unspecified atom stereocenters. The molecule has 0 amide bonds. The van der Waals surface area contributed by atoms with Crippen LogP contribution in [0, 0.1) is 5.39 Å². The van der Waals surface area contributed by atoms with Crippen LogP contribution in [0.2, 0.25) is 10.0 Å². The number of rotatable bonds is 1. The lowest BCUT2D eigenvalue weighted by molar-refractivity contribution is 0.463. The van der Waals surface area contributed by atoms with Gasteiger partial charge in [0.25, 0.3) is 0 Å². The highest BCUT2D eigenvalue weighted by Crippen LogP contribution is 2.33. The standard InChI is InChI=1S/C6H2Cl2N2O3S/c7-3-2-6(14(11,12)13)4(8)1-5(3)10-9/h1-2H. The van der Waals surface area contributed by atoms with Crippen molar-refractivity contribution >= 4 is 39.0 Å². The molecule has 14 heavy (non-hydrogen) atoms. The Bertz CT molecular complexity index is 521. The molecule has 0 aliphatic heterocycles. The molecule has 1 aromatic carbocycles. The maximum absolute atomic E-state index is 10.6. The van der Waals surface area contributed by atoms with E-state index in [1.807, 2.05) is 0 Å². The lowest BCUT2D eigenvalue weighted by Crippen LogP contribution is -1.99. The van der Waals surface area contributed by atoms with Crippen LogP contribution in [0.1, 0.15) is 0 Å². The van der Waals surface area contributed by atoms with E-state index in [0.29, 0.717) is 0 Å². The van der Waals surface area contributed by atoms with Gasteiger partial charge < -0.3 is 4.55 Å². The lowest BCUT2D eigenvalue weighted by atomic mass is 10.3. The molecule has 0 aromatic heterocycles. The van der Waals surface area contributed by atoms with Crippen LogP contribution in [0.4, 0.5) is 5.69 Å².